The second-order valence-corrected chi connectivity index (χ2v) is 14.2. The third-order valence-corrected chi connectivity index (χ3v) is 11.5. The zero-order chi connectivity index (χ0) is 33.9. The largest absolute Gasteiger partial charge is 0.480 e. The number of carboxylic acids is 1. The van der Waals surface area contributed by atoms with Crippen LogP contribution in [0.4, 0.5) is 0 Å². The Morgan fingerprint density at radius 2 is 1.38 bits per heavy atom. The van der Waals surface area contributed by atoms with E-state index in [1.54, 1.807) is 32.9 Å². The molecule has 2 N–H and O–H groups in total. The molecule has 9 atom stereocenters. The first-order valence-corrected chi connectivity index (χ1v) is 17.3. The molecule has 0 bridgehead atoms. The van der Waals surface area contributed by atoms with Gasteiger partial charge in [-0.15, -0.1) is 0 Å². The molecule has 1 aromatic rings. The van der Waals surface area contributed by atoms with Crippen molar-refractivity contribution in [2.75, 3.05) is 13.1 Å². The van der Waals surface area contributed by atoms with E-state index in [0.29, 0.717) is 62.2 Å². The zero-order valence-electron chi connectivity index (χ0n) is 26.7. The minimum absolute atomic E-state index is 0.157. The van der Waals surface area contributed by atoms with Crippen molar-refractivity contribution in [1.82, 2.24) is 24.9 Å². The summed E-state index contributed by atoms with van der Waals surface area (Å²) in [5, 5.41) is 13.1. The molecule has 6 heterocycles. The van der Waals surface area contributed by atoms with Crippen molar-refractivity contribution in [2.45, 2.75) is 94.2 Å². The fourth-order valence-corrected chi connectivity index (χ4v) is 9.12. The summed E-state index contributed by atoms with van der Waals surface area (Å²) < 4.78 is 0. The van der Waals surface area contributed by atoms with Crippen LogP contribution in [0, 0.1) is 11.8 Å². The van der Waals surface area contributed by atoms with Crippen molar-refractivity contribution >= 4 is 47.1 Å². The molecule has 6 aliphatic rings. The van der Waals surface area contributed by atoms with Crippen LogP contribution in [0.2, 0.25) is 5.02 Å². The number of aliphatic carboxylic acids is 1. The Morgan fingerprint density at radius 1 is 0.812 bits per heavy atom. The van der Waals surface area contributed by atoms with Crippen molar-refractivity contribution in [3.8, 4) is 0 Å². The van der Waals surface area contributed by atoms with E-state index in [0.717, 1.165) is 0 Å². The fraction of sp³-hybridized carbons (Fsp3) is 0.543. The van der Waals surface area contributed by atoms with E-state index < -0.39 is 36.2 Å². The van der Waals surface area contributed by atoms with Crippen molar-refractivity contribution in [1.29, 1.82) is 0 Å². The van der Waals surface area contributed by atoms with Gasteiger partial charge in [-0.25, -0.2) is 4.79 Å². The van der Waals surface area contributed by atoms with Crippen LogP contribution < -0.4 is 5.32 Å². The predicted octanol–water partition coefficient (Wildman–Crippen LogP) is 1.76. The lowest BCUT2D eigenvalue weighted by molar-refractivity contribution is -0.156. The highest BCUT2D eigenvalue weighted by atomic mass is 35.5. The molecule has 4 fully saturated rings. The maximum atomic E-state index is 14.5. The number of nitrogens with one attached hydrogen (secondary N) is 1. The third-order valence-electron chi connectivity index (χ3n) is 11.1. The number of fused-ring (bicyclic) bond motifs is 4. The van der Waals surface area contributed by atoms with E-state index in [9.17, 15) is 33.9 Å². The second-order valence-electron chi connectivity index (χ2n) is 13.8. The first-order chi connectivity index (χ1) is 23.0. The van der Waals surface area contributed by atoms with Crippen molar-refractivity contribution in [3.63, 3.8) is 0 Å². The highest BCUT2D eigenvalue weighted by Crippen LogP contribution is 2.40. The Hall–Kier alpha value is -4.19. The van der Waals surface area contributed by atoms with Gasteiger partial charge in [-0.1, -0.05) is 54.1 Å². The second kappa shape index (κ2) is 12.7. The standard InChI is InChI=1S/C35H40ClN5O7/c1-19(42)37-26(18-22-4-2-3-5-25(22)36)31(43)38-16-14-20-6-8-23-10-12-27(40(23)33(45)29(20)38)32(44)39-17-15-21-7-9-24-11-13-28(35(47)48)41(24)34(46)30(21)39/h2-9,20-21,23-24,26-30H,10-18H2,1H3,(H,37,42)(H,47,48)/t20-,21-,23-,24-,26-,27-,28-,29-,30-/m0/s1. The Labute approximate surface area is 283 Å². The van der Waals surface area contributed by atoms with E-state index in [1.165, 1.54) is 11.8 Å². The molecule has 0 unspecified atom stereocenters. The van der Waals surface area contributed by atoms with E-state index >= 15 is 0 Å². The number of rotatable bonds is 6. The molecule has 6 aliphatic heterocycles. The lowest BCUT2D eigenvalue weighted by Crippen LogP contribution is -2.60. The number of nitrogens with zero attached hydrogens (tertiary/aromatic N) is 4. The van der Waals surface area contributed by atoms with Crippen molar-refractivity contribution < 1.29 is 33.9 Å². The van der Waals surface area contributed by atoms with Gasteiger partial charge in [-0.2, -0.15) is 0 Å². The molecular weight excluding hydrogens is 638 g/mol. The molecule has 0 spiro atoms. The molecule has 0 aliphatic carbocycles. The minimum atomic E-state index is -1.05. The molecule has 0 radical (unpaired) electrons. The van der Waals surface area contributed by atoms with E-state index in [-0.39, 0.29) is 59.9 Å². The number of amides is 5. The molecule has 48 heavy (non-hydrogen) atoms. The van der Waals surface area contributed by atoms with Gasteiger partial charge in [-0.05, 0) is 50.2 Å². The number of hydrogen-bond acceptors (Lipinski definition) is 6. The van der Waals surface area contributed by atoms with Crippen LogP contribution in [0.3, 0.4) is 0 Å². The molecule has 0 saturated carbocycles. The predicted molar refractivity (Wildman–Crippen MR) is 173 cm³/mol. The van der Waals surface area contributed by atoms with Gasteiger partial charge in [0.2, 0.25) is 29.5 Å². The van der Waals surface area contributed by atoms with Gasteiger partial charge >= 0.3 is 5.97 Å². The quantitative estimate of drug-likeness (QED) is 0.436. The first kappa shape index (κ1) is 32.4. The van der Waals surface area contributed by atoms with Crippen LogP contribution in [0.15, 0.2) is 48.6 Å². The Balaban J connectivity index is 1.13. The van der Waals surface area contributed by atoms with Gasteiger partial charge in [0.25, 0.3) is 0 Å². The van der Waals surface area contributed by atoms with Crippen LogP contribution in [0.25, 0.3) is 0 Å². The monoisotopic (exact) mass is 677 g/mol. The number of carbonyl (C=O) groups is 6. The van der Waals surface area contributed by atoms with E-state index in [4.69, 9.17) is 11.6 Å². The Kier molecular flexibility index (Phi) is 8.55. The Bertz CT molecular complexity index is 1610. The lowest BCUT2D eigenvalue weighted by atomic mass is 9.97. The number of halogens is 1. The molecular formula is C35H40ClN5O7. The smallest absolute Gasteiger partial charge is 0.326 e. The van der Waals surface area contributed by atoms with Gasteiger partial charge in [0.15, 0.2) is 0 Å². The maximum Gasteiger partial charge on any atom is 0.326 e. The number of likely N-dealkylation sites (tertiary alicyclic amines) is 2. The highest BCUT2D eigenvalue weighted by molar-refractivity contribution is 6.31. The maximum absolute atomic E-state index is 14.5. The van der Waals surface area contributed by atoms with Crippen LogP contribution >= 0.6 is 11.6 Å². The van der Waals surface area contributed by atoms with Gasteiger partial charge in [0, 0.05) is 43.3 Å². The van der Waals surface area contributed by atoms with Gasteiger partial charge in [0.1, 0.15) is 30.2 Å². The Morgan fingerprint density at radius 3 is 1.98 bits per heavy atom. The summed E-state index contributed by atoms with van der Waals surface area (Å²) >= 11 is 6.40. The number of benzene rings is 1. The number of carboxylic acid groups (broad SMARTS) is 1. The molecule has 5 amide bonds. The molecule has 12 nitrogen and oxygen atoms in total. The van der Waals surface area contributed by atoms with E-state index in [1.807, 2.05) is 30.4 Å². The van der Waals surface area contributed by atoms with Crippen LogP contribution in [0.5, 0.6) is 0 Å². The lowest BCUT2D eigenvalue weighted by Gasteiger charge is -2.37. The summed E-state index contributed by atoms with van der Waals surface area (Å²) in [5.74, 6) is -3.27. The highest BCUT2D eigenvalue weighted by Gasteiger charge is 2.55. The topological polar surface area (TPSA) is 148 Å². The average molecular weight is 678 g/mol. The van der Waals surface area contributed by atoms with Crippen molar-refractivity contribution in [3.05, 3.63) is 59.2 Å². The summed E-state index contributed by atoms with van der Waals surface area (Å²) in [4.78, 5) is 87.4. The molecule has 4 saturated heterocycles. The first-order valence-electron chi connectivity index (χ1n) is 16.9. The summed E-state index contributed by atoms with van der Waals surface area (Å²) in [6.07, 6.45) is 11.0. The van der Waals surface area contributed by atoms with Gasteiger partial charge < -0.3 is 30.0 Å². The SMILES string of the molecule is CC(=O)N[C@@H](Cc1ccccc1Cl)C(=O)N1CC[C@@H]2C=C[C@H]3CC[C@@H](C(=O)N4CC[C@@H]5C=C[C@H]6CC[C@@H](C(=O)O)N6C(=O)[C@H]54)N3C(=O)[C@H]21. The van der Waals surface area contributed by atoms with Gasteiger partial charge in [0.05, 0.1) is 12.1 Å². The average Bonchev–Trinajstić information content (AvgIpc) is 3.84. The number of carbonyl (C=O) groups excluding carboxylic acids is 5. The van der Waals surface area contributed by atoms with Crippen molar-refractivity contribution in [2.24, 2.45) is 11.8 Å². The molecule has 254 valence electrons. The number of hydrogen-bond donors (Lipinski definition) is 2. The third kappa shape index (κ3) is 5.47. The van der Waals surface area contributed by atoms with Gasteiger partial charge in [-0.3, -0.25) is 24.0 Å². The molecule has 13 heteroatoms. The summed E-state index contributed by atoms with van der Waals surface area (Å²) in [6.45, 7) is 1.99. The van der Waals surface area contributed by atoms with Crippen LogP contribution in [-0.2, 0) is 35.2 Å². The minimum Gasteiger partial charge on any atom is -0.480 e. The fourth-order valence-electron chi connectivity index (χ4n) is 8.90. The summed E-state index contributed by atoms with van der Waals surface area (Å²) in [5.41, 5.74) is 0.695. The summed E-state index contributed by atoms with van der Waals surface area (Å²) in [7, 11) is 0. The molecule has 0 aromatic heterocycles. The molecule has 7 rings (SSSR count). The zero-order valence-corrected chi connectivity index (χ0v) is 27.5. The van der Waals surface area contributed by atoms with Crippen LogP contribution in [-0.4, -0.2) is 116 Å². The van der Waals surface area contributed by atoms with E-state index in [2.05, 4.69) is 5.32 Å². The molecule has 1 aromatic carbocycles. The normalized spacial score (nSPS) is 32.7. The summed E-state index contributed by atoms with van der Waals surface area (Å²) in [6, 6.07) is 2.12. The van der Waals surface area contributed by atoms with Crippen LogP contribution in [0.1, 0.15) is 51.0 Å².